The highest BCUT2D eigenvalue weighted by atomic mass is 32.2. The van der Waals surface area contributed by atoms with Crippen molar-refractivity contribution in [3.63, 3.8) is 0 Å². The SMILES string of the molecule is CSCCC(=O)Cc1cn(C)nn1. The molecule has 0 N–H and O–H groups in total. The lowest BCUT2D eigenvalue weighted by Gasteiger charge is -1.94. The van der Waals surface area contributed by atoms with Gasteiger partial charge in [0.2, 0.25) is 0 Å². The van der Waals surface area contributed by atoms with Crippen LogP contribution in [0.25, 0.3) is 0 Å². The Balaban J connectivity index is 2.36. The van der Waals surface area contributed by atoms with E-state index in [1.165, 1.54) is 0 Å². The molecule has 0 atom stereocenters. The molecular formula is C8H13N3OS. The third-order valence-electron chi connectivity index (χ3n) is 1.61. The smallest absolute Gasteiger partial charge is 0.139 e. The summed E-state index contributed by atoms with van der Waals surface area (Å²) in [4.78, 5) is 11.3. The highest BCUT2D eigenvalue weighted by Gasteiger charge is 2.05. The van der Waals surface area contributed by atoms with E-state index >= 15 is 0 Å². The molecule has 0 unspecified atom stereocenters. The van der Waals surface area contributed by atoms with E-state index < -0.39 is 0 Å². The number of hydrogen-bond acceptors (Lipinski definition) is 4. The van der Waals surface area contributed by atoms with Crippen LogP contribution >= 0.6 is 11.8 Å². The Kier molecular flexibility index (Phi) is 3.95. The van der Waals surface area contributed by atoms with Crippen molar-refractivity contribution < 1.29 is 4.79 Å². The van der Waals surface area contributed by atoms with Crippen LogP contribution in [0, 0.1) is 0 Å². The van der Waals surface area contributed by atoms with Gasteiger partial charge in [-0.3, -0.25) is 9.48 Å². The average Bonchev–Trinajstić information content (AvgIpc) is 2.48. The molecule has 0 amide bonds. The van der Waals surface area contributed by atoms with E-state index in [-0.39, 0.29) is 5.78 Å². The van der Waals surface area contributed by atoms with E-state index in [0.29, 0.717) is 12.8 Å². The lowest BCUT2D eigenvalue weighted by molar-refractivity contribution is -0.118. The molecule has 1 rings (SSSR count). The summed E-state index contributed by atoms with van der Waals surface area (Å²) >= 11 is 1.68. The monoisotopic (exact) mass is 199 g/mol. The van der Waals surface area contributed by atoms with Crippen molar-refractivity contribution in [2.45, 2.75) is 12.8 Å². The van der Waals surface area contributed by atoms with Gasteiger partial charge in [0.15, 0.2) is 0 Å². The van der Waals surface area contributed by atoms with Crippen LogP contribution in [0.4, 0.5) is 0 Å². The first-order valence-corrected chi connectivity index (χ1v) is 5.47. The quantitative estimate of drug-likeness (QED) is 0.699. The Labute approximate surface area is 81.7 Å². The molecule has 0 saturated heterocycles. The fraction of sp³-hybridized carbons (Fsp3) is 0.625. The largest absolute Gasteiger partial charge is 0.299 e. The molecule has 1 aromatic heterocycles. The number of rotatable bonds is 5. The highest BCUT2D eigenvalue weighted by molar-refractivity contribution is 7.98. The number of nitrogens with zero attached hydrogens (tertiary/aromatic N) is 3. The summed E-state index contributed by atoms with van der Waals surface area (Å²) in [5.74, 6) is 1.12. The van der Waals surface area contributed by atoms with Gasteiger partial charge in [-0.25, -0.2) is 0 Å². The van der Waals surface area contributed by atoms with Gasteiger partial charge in [-0.05, 0) is 12.0 Å². The van der Waals surface area contributed by atoms with Crippen LogP contribution in [-0.4, -0.2) is 32.8 Å². The van der Waals surface area contributed by atoms with Crippen molar-refractivity contribution in [2.24, 2.45) is 7.05 Å². The normalized spacial score (nSPS) is 10.3. The van der Waals surface area contributed by atoms with Crippen LogP contribution in [0.1, 0.15) is 12.1 Å². The zero-order valence-corrected chi connectivity index (χ0v) is 8.67. The summed E-state index contributed by atoms with van der Waals surface area (Å²) < 4.78 is 1.61. The standard InChI is InChI=1S/C8H13N3OS/c1-11-6-7(9-10-11)5-8(12)3-4-13-2/h6H,3-5H2,1-2H3. The predicted molar refractivity (Wildman–Crippen MR) is 52.7 cm³/mol. The summed E-state index contributed by atoms with van der Waals surface area (Å²) in [6, 6.07) is 0. The van der Waals surface area contributed by atoms with Crippen LogP contribution in [0.3, 0.4) is 0 Å². The van der Waals surface area contributed by atoms with Gasteiger partial charge in [0, 0.05) is 19.7 Å². The van der Waals surface area contributed by atoms with Gasteiger partial charge in [0.1, 0.15) is 5.78 Å². The maximum Gasteiger partial charge on any atom is 0.139 e. The van der Waals surface area contributed by atoms with Gasteiger partial charge in [-0.2, -0.15) is 11.8 Å². The summed E-state index contributed by atoms with van der Waals surface area (Å²) in [7, 11) is 1.79. The van der Waals surface area contributed by atoms with Gasteiger partial charge in [-0.1, -0.05) is 5.21 Å². The Morgan fingerprint density at radius 3 is 3.00 bits per heavy atom. The zero-order valence-electron chi connectivity index (χ0n) is 7.86. The third-order valence-corrected chi connectivity index (χ3v) is 2.23. The second-order valence-electron chi connectivity index (χ2n) is 2.84. The van der Waals surface area contributed by atoms with Gasteiger partial charge in [-0.15, -0.1) is 5.10 Å². The molecule has 72 valence electrons. The minimum Gasteiger partial charge on any atom is -0.299 e. The van der Waals surface area contributed by atoms with Gasteiger partial charge in [0.05, 0.1) is 12.1 Å². The van der Waals surface area contributed by atoms with E-state index in [1.807, 2.05) is 6.26 Å². The minimum atomic E-state index is 0.231. The lowest BCUT2D eigenvalue weighted by atomic mass is 10.2. The maximum atomic E-state index is 11.3. The Hall–Kier alpha value is -0.840. The van der Waals surface area contributed by atoms with E-state index in [2.05, 4.69) is 10.3 Å². The average molecular weight is 199 g/mol. The number of hydrogen-bond donors (Lipinski definition) is 0. The fourth-order valence-electron chi connectivity index (χ4n) is 0.983. The Bertz CT molecular complexity index is 285. The van der Waals surface area contributed by atoms with Crippen molar-refractivity contribution in [2.75, 3.05) is 12.0 Å². The highest BCUT2D eigenvalue weighted by Crippen LogP contribution is 2.01. The van der Waals surface area contributed by atoms with E-state index in [0.717, 1.165) is 11.4 Å². The molecule has 4 nitrogen and oxygen atoms in total. The number of carbonyl (C=O) groups is 1. The van der Waals surface area contributed by atoms with Crippen LogP contribution in [0.2, 0.25) is 0 Å². The van der Waals surface area contributed by atoms with Crippen LogP contribution in [0.15, 0.2) is 6.20 Å². The fourth-order valence-corrected chi connectivity index (χ4v) is 1.41. The molecule has 0 fully saturated rings. The summed E-state index contributed by atoms with van der Waals surface area (Å²) in [6.45, 7) is 0. The number of ketones is 1. The van der Waals surface area contributed by atoms with E-state index in [4.69, 9.17) is 0 Å². The van der Waals surface area contributed by atoms with E-state index in [1.54, 1.807) is 29.7 Å². The molecule has 0 spiro atoms. The van der Waals surface area contributed by atoms with Gasteiger partial charge < -0.3 is 0 Å². The molecule has 5 heteroatoms. The molecule has 1 aromatic rings. The lowest BCUT2D eigenvalue weighted by Crippen LogP contribution is -2.04. The first-order chi connectivity index (χ1) is 6.22. The second-order valence-corrected chi connectivity index (χ2v) is 3.83. The molecule has 1 heterocycles. The van der Waals surface area contributed by atoms with Crippen molar-refractivity contribution in [3.8, 4) is 0 Å². The predicted octanol–water partition coefficient (Wildman–Crippen LogP) is 0.680. The van der Waals surface area contributed by atoms with Gasteiger partial charge >= 0.3 is 0 Å². The maximum absolute atomic E-state index is 11.3. The molecule has 0 aliphatic rings. The topological polar surface area (TPSA) is 47.8 Å². The Morgan fingerprint density at radius 2 is 2.46 bits per heavy atom. The van der Waals surface area contributed by atoms with Crippen LogP contribution in [-0.2, 0) is 18.3 Å². The summed E-state index contributed by atoms with van der Waals surface area (Å²) in [5.41, 5.74) is 0.758. The van der Waals surface area contributed by atoms with Crippen molar-refractivity contribution in [1.82, 2.24) is 15.0 Å². The van der Waals surface area contributed by atoms with Crippen LogP contribution < -0.4 is 0 Å². The zero-order chi connectivity index (χ0) is 9.68. The van der Waals surface area contributed by atoms with Crippen molar-refractivity contribution >= 4 is 17.5 Å². The number of thioether (sulfide) groups is 1. The van der Waals surface area contributed by atoms with Crippen LogP contribution in [0.5, 0.6) is 0 Å². The number of carbonyl (C=O) groups excluding carboxylic acids is 1. The second kappa shape index (κ2) is 5.01. The minimum absolute atomic E-state index is 0.231. The number of Topliss-reactive ketones (excluding diaryl/α,β-unsaturated/α-hetero) is 1. The third kappa shape index (κ3) is 3.59. The first-order valence-electron chi connectivity index (χ1n) is 4.08. The number of aromatic nitrogens is 3. The van der Waals surface area contributed by atoms with Crippen molar-refractivity contribution in [3.05, 3.63) is 11.9 Å². The molecule has 0 saturated carbocycles. The molecule has 0 aliphatic heterocycles. The Morgan fingerprint density at radius 1 is 1.69 bits per heavy atom. The summed E-state index contributed by atoms with van der Waals surface area (Å²) in [5, 5.41) is 7.61. The molecule has 13 heavy (non-hydrogen) atoms. The van der Waals surface area contributed by atoms with Gasteiger partial charge in [0.25, 0.3) is 0 Å². The molecule has 0 aliphatic carbocycles. The molecule has 0 bridgehead atoms. The first kappa shape index (κ1) is 10.2. The number of aryl methyl sites for hydroxylation is 1. The van der Waals surface area contributed by atoms with E-state index in [9.17, 15) is 4.79 Å². The molecular weight excluding hydrogens is 186 g/mol. The molecule has 0 radical (unpaired) electrons. The summed E-state index contributed by atoms with van der Waals surface area (Å²) in [6.07, 6.45) is 4.80. The van der Waals surface area contributed by atoms with Crippen molar-refractivity contribution in [1.29, 1.82) is 0 Å². The molecule has 0 aromatic carbocycles.